The molecule has 1 aliphatic heterocycles. The molecule has 0 saturated carbocycles. The Kier molecular flexibility index (Phi) is 7.95. The molecule has 2 aromatic heterocycles. The van der Waals surface area contributed by atoms with Gasteiger partial charge in [0, 0.05) is 66.3 Å². The molecule has 38 heavy (non-hydrogen) atoms. The molecular weight excluding hydrogens is 494 g/mol. The van der Waals surface area contributed by atoms with Gasteiger partial charge in [0.25, 0.3) is 0 Å². The molecule has 204 valence electrons. The number of sulfonamides is 1. The maximum Gasteiger partial charge on any atom is 0.218 e. The van der Waals surface area contributed by atoms with Crippen molar-refractivity contribution >= 4 is 31.8 Å². The third-order valence-corrected chi connectivity index (χ3v) is 9.57. The van der Waals surface area contributed by atoms with E-state index in [1.54, 1.807) is 4.31 Å². The molecule has 1 saturated heterocycles. The summed E-state index contributed by atoms with van der Waals surface area (Å²) in [6.45, 7) is 3.25. The topological polar surface area (TPSA) is 75.4 Å². The van der Waals surface area contributed by atoms with Crippen molar-refractivity contribution in [2.24, 2.45) is 0 Å². The van der Waals surface area contributed by atoms with Crippen molar-refractivity contribution in [2.75, 3.05) is 54.4 Å². The molecule has 7 nitrogen and oxygen atoms in total. The maximum atomic E-state index is 13.0. The number of hydrogen-bond donors (Lipinski definition) is 2. The van der Waals surface area contributed by atoms with E-state index in [1.165, 1.54) is 33.3 Å². The Morgan fingerprint density at radius 2 is 1.50 bits per heavy atom. The van der Waals surface area contributed by atoms with Gasteiger partial charge >= 0.3 is 0 Å². The Morgan fingerprint density at radius 1 is 0.842 bits per heavy atom. The van der Waals surface area contributed by atoms with Gasteiger partial charge in [-0.05, 0) is 100 Å². The lowest BCUT2D eigenvalue weighted by Crippen LogP contribution is -2.29. The summed E-state index contributed by atoms with van der Waals surface area (Å²) in [5.41, 5.74) is 8.24. The molecule has 0 radical (unpaired) electrons. The second-order valence-corrected chi connectivity index (χ2v) is 13.3. The number of nitrogens with one attached hydrogen (secondary N) is 2. The normalized spacial score (nSPS) is 15.1. The zero-order valence-corrected chi connectivity index (χ0v) is 24.0. The van der Waals surface area contributed by atoms with E-state index in [0.717, 1.165) is 61.7 Å². The van der Waals surface area contributed by atoms with E-state index in [4.69, 9.17) is 0 Å². The van der Waals surface area contributed by atoms with Gasteiger partial charge in [0.1, 0.15) is 0 Å². The molecule has 4 aromatic rings. The molecule has 0 spiro atoms. The van der Waals surface area contributed by atoms with Gasteiger partial charge < -0.3 is 19.8 Å². The Morgan fingerprint density at radius 3 is 2.24 bits per heavy atom. The molecule has 5 rings (SSSR count). The smallest absolute Gasteiger partial charge is 0.218 e. The highest BCUT2D eigenvalue weighted by molar-refractivity contribution is 7.88. The first-order chi connectivity index (χ1) is 18.2. The molecular formula is C30H41N5O2S. The number of aromatic amines is 2. The SMILES string of the molecule is CN(C)CCc1c[nH]c2ccc(Cc3[nH]c4ccc(CS(=O)(=O)N5CCCC5)cc4c3CCN(C)C)cc12. The summed E-state index contributed by atoms with van der Waals surface area (Å²) in [6, 6.07) is 12.8. The van der Waals surface area contributed by atoms with Crippen LogP contribution in [0.25, 0.3) is 21.8 Å². The van der Waals surface area contributed by atoms with Crippen LogP contribution in [-0.4, -0.2) is 86.9 Å². The Labute approximate surface area is 226 Å². The molecule has 1 aliphatic rings. The van der Waals surface area contributed by atoms with Crippen LogP contribution >= 0.6 is 0 Å². The van der Waals surface area contributed by atoms with E-state index in [1.807, 2.05) is 6.07 Å². The minimum Gasteiger partial charge on any atom is -0.361 e. The number of H-pyrrole nitrogens is 2. The first-order valence-electron chi connectivity index (χ1n) is 13.7. The lowest BCUT2D eigenvalue weighted by molar-refractivity contribution is 0.414. The highest BCUT2D eigenvalue weighted by Crippen LogP contribution is 2.29. The molecule has 0 amide bonds. The molecule has 0 unspecified atom stereocenters. The molecule has 8 heteroatoms. The van der Waals surface area contributed by atoms with Gasteiger partial charge in [0.2, 0.25) is 10.0 Å². The zero-order chi connectivity index (χ0) is 26.9. The summed E-state index contributed by atoms with van der Waals surface area (Å²) < 4.78 is 27.6. The fraction of sp³-hybridized carbons (Fsp3) is 0.467. The lowest BCUT2D eigenvalue weighted by atomic mass is 9.99. The van der Waals surface area contributed by atoms with E-state index >= 15 is 0 Å². The van der Waals surface area contributed by atoms with Crippen molar-refractivity contribution in [1.29, 1.82) is 0 Å². The van der Waals surface area contributed by atoms with Crippen molar-refractivity contribution in [3.63, 3.8) is 0 Å². The average Bonchev–Trinajstić information content (AvgIpc) is 3.60. The van der Waals surface area contributed by atoms with Gasteiger partial charge in [0.15, 0.2) is 0 Å². The fourth-order valence-corrected chi connectivity index (χ4v) is 7.17. The number of nitrogens with zero attached hydrogens (tertiary/aromatic N) is 3. The van der Waals surface area contributed by atoms with E-state index in [9.17, 15) is 8.42 Å². The van der Waals surface area contributed by atoms with Crippen LogP contribution in [0.2, 0.25) is 0 Å². The highest BCUT2D eigenvalue weighted by atomic mass is 32.2. The summed E-state index contributed by atoms with van der Waals surface area (Å²) in [5, 5.41) is 2.44. The van der Waals surface area contributed by atoms with Gasteiger partial charge in [-0.1, -0.05) is 12.1 Å². The summed E-state index contributed by atoms with van der Waals surface area (Å²) in [4.78, 5) is 11.5. The monoisotopic (exact) mass is 535 g/mol. The zero-order valence-electron chi connectivity index (χ0n) is 23.2. The van der Waals surface area contributed by atoms with Crippen LogP contribution in [-0.2, 0) is 35.0 Å². The number of likely N-dealkylation sites (N-methyl/N-ethyl adjacent to an activating group) is 2. The molecule has 2 aromatic carbocycles. The predicted molar refractivity (Wildman–Crippen MR) is 157 cm³/mol. The Hall–Kier alpha value is -2.65. The summed E-state index contributed by atoms with van der Waals surface area (Å²) in [7, 11) is 5.13. The molecule has 0 atom stereocenters. The van der Waals surface area contributed by atoms with E-state index < -0.39 is 10.0 Å². The number of hydrogen-bond acceptors (Lipinski definition) is 4. The Bertz CT molecular complexity index is 1510. The van der Waals surface area contributed by atoms with E-state index in [0.29, 0.717) is 13.1 Å². The van der Waals surface area contributed by atoms with E-state index in [2.05, 4.69) is 84.5 Å². The average molecular weight is 536 g/mol. The van der Waals surface area contributed by atoms with Gasteiger partial charge in [-0.25, -0.2) is 12.7 Å². The second kappa shape index (κ2) is 11.2. The lowest BCUT2D eigenvalue weighted by Gasteiger charge is -2.15. The van der Waals surface area contributed by atoms with Gasteiger partial charge in [0.05, 0.1) is 5.75 Å². The molecule has 0 aliphatic carbocycles. The van der Waals surface area contributed by atoms with E-state index in [-0.39, 0.29) is 5.75 Å². The van der Waals surface area contributed by atoms with Crippen molar-refractivity contribution in [3.8, 4) is 0 Å². The van der Waals surface area contributed by atoms with Crippen molar-refractivity contribution in [2.45, 2.75) is 37.9 Å². The minimum atomic E-state index is -3.28. The second-order valence-electron chi connectivity index (χ2n) is 11.3. The van der Waals surface area contributed by atoms with Gasteiger partial charge in [-0.2, -0.15) is 0 Å². The largest absolute Gasteiger partial charge is 0.361 e. The number of fused-ring (bicyclic) bond motifs is 2. The van der Waals surface area contributed by atoms with Crippen LogP contribution in [0.15, 0.2) is 42.6 Å². The summed E-state index contributed by atoms with van der Waals surface area (Å²) in [5.74, 6) is 0.0659. The molecule has 3 heterocycles. The molecule has 1 fully saturated rings. The Balaban J connectivity index is 1.46. The summed E-state index contributed by atoms with van der Waals surface area (Å²) >= 11 is 0. The quantitative estimate of drug-likeness (QED) is 0.299. The van der Waals surface area contributed by atoms with Crippen LogP contribution in [0.1, 0.15) is 40.8 Å². The van der Waals surface area contributed by atoms with Crippen molar-refractivity contribution in [1.82, 2.24) is 24.1 Å². The van der Waals surface area contributed by atoms with Gasteiger partial charge in [-0.15, -0.1) is 0 Å². The van der Waals surface area contributed by atoms with Crippen molar-refractivity contribution in [3.05, 3.63) is 70.5 Å². The first kappa shape index (κ1) is 26.9. The predicted octanol–water partition coefficient (Wildman–Crippen LogP) is 4.37. The first-order valence-corrected chi connectivity index (χ1v) is 15.3. The third kappa shape index (κ3) is 5.99. The third-order valence-electron chi connectivity index (χ3n) is 7.72. The molecule has 0 bridgehead atoms. The maximum absolute atomic E-state index is 13.0. The van der Waals surface area contributed by atoms with Crippen LogP contribution in [0.5, 0.6) is 0 Å². The van der Waals surface area contributed by atoms with Crippen LogP contribution in [0.4, 0.5) is 0 Å². The fourth-order valence-electron chi connectivity index (χ4n) is 5.57. The van der Waals surface area contributed by atoms with Crippen LogP contribution in [0.3, 0.4) is 0 Å². The summed E-state index contributed by atoms with van der Waals surface area (Å²) in [6.07, 6.45) is 6.79. The van der Waals surface area contributed by atoms with Crippen LogP contribution < -0.4 is 0 Å². The number of aromatic nitrogens is 2. The number of rotatable bonds is 11. The molecule has 2 N–H and O–H groups in total. The standard InChI is InChI=1S/C30H41N5O2S/c1-33(2)15-11-24-20-31-28-9-7-22(17-26(24)28)19-30-25(12-16-34(3)4)27-18-23(8-10-29(27)32-30)21-38(36,37)35-13-5-6-14-35/h7-10,17-18,20,31-32H,5-6,11-16,19,21H2,1-4H3. The number of benzene rings is 2. The highest BCUT2D eigenvalue weighted by Gasteiger charge is 2.26. The van der Waals surface area contributed by atoms with Gasteiger partial charge in [-0.3, -0.25) is 0 Å². The van der Waals surface area contributed by atoms with Crippen LogP contribution in [0, 0.1) is 0 Å². The minimum absolute atomic E-state index is 0.0659. The van der Waals surface area contributed by atoms with Crippen molar-refractivity contribution < 1.29 is 8.42 Å².